The number of fused-ring (bicyclic) bond motifs is 2. The molecule has 1 aromatic rings. The van der Waals surface area contributed by atoms with Crippen molar-refractivity contribution in [2.45, 2.75) is 65.2 Å². The first-order chi connectivity index (χ1) is 20.9. The molecule has 2 atom stereocenters. The fourth-order valence-corrected chi connectivity index (χ4v) is 6.60. The maximum Gasteiger partial charge on any atom is 0.0946 e. The van der Waals surface area contributed by atoms with Crippen LogP contribution in [0, 0.1) is 34.5 Å². The summed E-state index contributed by atoms with van der Waals surface area (Å²) >= 11 is 0. The van der Waals surface area contributed by atoms with E-state index in [0.29, 0.717) is 24.9 Å². The van der Waals surface area contributed by atoms with Crippen molar-refractivity contribution in [2.24, 2.45) is 11.8 Å². The Morgan fingerprint density at radius 1 is 0.721 bits per heavy atom. The molecule has 6 heteroatoms. The lowest BCUT2D eigenvalue weighted by Crippen LogP contribution is -2.31. The number of para-hydroxylation sites is 1. The molecule has 2 unspecified atom stereocenters. The smallest absolute Gasteiger partial charge is 0.0946 e. The summed E-state index contributed by atoms with van der Waals surface area (Å²) in [5, 5.41) is 36.5. The number of benzene rings is 1. The predicted octanol–water partition coefficient (Wildman–Crippen LogP) is 7.10. The van der Waals surface area contributed by atoms with E-state index in [1.165, 1.54) is 46.6 Å². The van der Waals surface area contributed by atoms with Gasteiger partial charge in [0.05, 0.1) is 25.4 Å². The van der Waals surface area contributed by atoms with Gasteiger partial charge in [0.15, 0.2) is 0 Å². The third-order valence-corrected chi connectivity index (χ3v) is 9.33. The molecular weight excluding hydrogens is 532 g/mol. The van der Waals surface area contributed by atoms with Crippen LogP contribution in [-0.2, 0) is 0 Å². The van der Waals surface area contributed by atoms with Crippen LogP contribution >= 0.6 is 0 Å². The Hall–Kier alpha value is -3.84. The fourth-order valence-electron chi connectivity index (χ4n) is 6.60. The van der Waals surface area contributed by atoms with Crippen molar-refractivity contribution >= 4 is 5.69 Å². The van der Waals surface area contributed by atoms with E-state index in [-0.39, 0.29) is 13.2 Å². The van der Waals surface area contributed by atoms with Crippen molar-refractivity contribution in [1.82, 2.24) is 4.90 Å². The Balaban J connectivity index is 0.000000197. The standard InChI is InChI=1S/C20H22N2.C17H24N2O2/c1-15(14-21)17-9-8-16-10-11-20(13-18(16)12-17)22(2)19-6-4-3-5-7-19;1-13(12-18)15-3-2-14-4-5-17(11-16(14)10-15)19(6-8-20)7-9-21/h3-7,12-13,16H,8-11H2,1-2H3;10-11,14,20-21H,2-9H2,1H3/b17-15-;. The quantitative estimate of drug-likeness (QED) is 0.335. The van der Waals surface area contributed by atoms with E-state index in [9.17, 15) is 0 Å². The number of aliphatic hydroxyl groups excluding tert-OH is 2. The topological polar surface area (TPSA) is 94.5 Å². The molecule has 4 aliphatic carbocycles. The molecule has 0 amide bonds. The molecule has 0 aliphatic heterocycles. The summed E-state index contributed by atoms with van der Waals surface area (Å²) in [6.45, 7) is 5.12. The highest BCUT2D eigenvalue weighted by Gasteiger charge is 2.26. The molecule has 5 rings (SSSR count). The van der Waals surface area contributed by atoms with Crippen LogP contribution in [0.4, 0.5) is 5.69 Å². The highest BCUT2D eigenvalue weighted by molar-refractivity contribution is 5.54. The number of rotatable bonds is 7. The Bertz CT molecular complexity index is 1410. The number of hydrogen-bond acceptors (Lipinski definition) is 6. The van der Waals surface area contributed by atoms with Crippen molar-refractivity contribution in [3.63, 3.8) is 0 Å². The molecule has 0 radical (unpaired) electrons. The molecule has 226 valence electrons. The van der Waals surface area contributed by atoms with E-state index in [0.717, 1.165) is 55.2 Å². The van der Waals surface area contributed by atoms with Crippen molar-refractivity contribution in [3.8, 4) is 12.1 Å². The average Bonchev–Trinajstić information content (AvgIpc) is 3.06. The van der Waals surface area contributed by atoms with Crippen LogP contribution < -0.4 is 4.90 Å². The predicted molar refractivity (Wildman–Crippen MR) is 173 cm³/mol. The summed E-state index contributed by atoms with van der Waals surface area (Å²) in [6, 6.07) is 15.0. The lowest BCUT2D eigenvalue weighted by Gasteiger charge is -2.34. The van der Waals surface area contributed by atoms with Gasteiger partial charge in [-0.05, 0) is 124 Å². The fraction of sp³-hybridized carbons (Fsp3) is 0.459. The minimum absolute atomic E-state index is 0.0957. The molecule has 0 saturated heterocycles. The van der Waals surface area contributed by atoms with Gasteiger partial charge in [0.25, 0.3) is 0 Å². The number of allylic oxidation sites excluding steroid dienone is 12. The van der Waals surface area contributed by atoms with E-state index in [2.05, 4.69) is 77.6 Å². The van der Waals surface area contributed by atoms with Gasteiger partial charge in [-0.3, -0.25) is 0 Å². The van der Waals surface area contributed by atoms with E-state index in [4.69, 9.17) is 20.7 Å². The first-order valence-corrected chi connectivity index (χ1v) is 15.7. The van der Waals surface area contributed by atoms with Gasteiger partial charge in [-0.2, -0.15) is 10.5 Å². The minimum atomic E-state index is 0.0957. The second-order valence-corrected chi connectivity index (χ2v) is 12.0. The minimum Gasteiger partial charge on any atom is -0.395 e. The van der Waals surface area contributed by atoms with Crippen LogP contribution in [0.5, 0.6) is 0 Å². The van der Waals surface area contributed by atoms with Gasteiger partial charge in [0, 0.05) is 48.4 Å². The molecule has 2 N–H and O–H groups in total. The molecule has 1 aromatic carbocycles. The van der Waals surface area contributed by atoms with Crippen molar-refractivity contribution < 1.29 is 10.2 Å². The van der Waals surface area contributed by atoms with Gasteiger partial charge in [0.1, 0.15) is 0 Å². The van der Waals surface area contributed by atoms with E-state index < -0.39 is 0 Å². The summed E-state index contributed by atoms with van der Waals surface area (Å²) in [4.78, 5) is 4.35. The second-order valence-electron chi connectivity index (χ2n) is 12.0. The molecule has 0 heterocycles. The zero-order valence-corrected chi connectivity index (χ0v) is 26.0. The van der Waals surface area contributed by atoms with E-state index in [1.54, 1.807) is 0 Å². The first kappa shape index (κ1) is 32.1. The zero-order valence-electron chi connectivity index (χ0n) is 26.0. The lowest BCUT2D eigenvalue weighted by molar-refractivity contribution is 0.182. The summed E-state index contributed by atoms with van der Waals surface area (Å²) in [5.74, 6) is 1.26. The molecule has 0 saturated carbocycles. The molecular formula is C37H46N4O2. The number of aliphatic hydroxyl groups is 2. The van der Waals surface area contributed by atoms with Gasteiger partial charge in [-0.15, -0.1) is 0 Å². The van der Waals surface area contributed by atoms with E-state index in [1.807, 2.05) is 19.9 Å². The Kier molecular flexibility index (Phi) is 11.6. The normalized spacial score (nSPS) is 23.2. The van der Waals surface area contributed by atoms with Gasteiger partial charge in [0.2, 0.25) is 0 Å². The summed E-state index contributed by atoms with van der Waals surface area (Å²) in [6.07, 6.45) is 17.8. The molecule has 0 fully saturated rings. The lowest BCUT2D eigenvalue weighted by atomic mass is 9.78. The summed E-state index contributed by atoms with van der Waals surface area (Å²) in [7, 11) is 2.14. The van der Waals surface area contributed by atoms with Crippen LogP contribution in [0.25, 0.3) is 0 Å². The van der Waals surface area contributed by atoms with Crippen LogP contribution in [0.2, 0.25) is 0 Å². The number of hydrogen-bond donors (Lipinski definition) is 2. The van der Waals surface area contributed by atoms with Crippen LogP contribution in [-0.4, -0.2) is 48.5 Å². The summed E-state index contributed by atoms with van der Waals surface area (Å²) < 4.78 is 0. The maximum atomic E-state index is 9.16. The Morgan fingerprint density at radius 3 is 1.67 bits per heavy atom. The second kappa shape index (κ2) is 15.6. The van der Waals surface area contributed by atoms with Gasteiger partial charge < -0.3 is 20.0 Å². The van der Waals surface area contributed by atoms with Gasteiger partial charge in [-0.1, -0.05) is 30.4 Å². The summed E-state index contributed by atoms with van der Waals surface area (Å²) in [5.41, 5.74) is 10.5. The highest BCUT2D eigenvalue weighted by atomic mass is 16.3. The van der Waals surface area contributed by atoms with Crippen LogP contribution in [0.15, 0.2) is 99.5 Å². The zero-order chi connectivity index (χ0) is 30.8. The van der Waals surface area contributed by atoms with Gasteiger partial charge in [-0.25, -0.2) is 0 Å². The van der Waals surface area contributed by atoms with Crippen molar-refractivity contribution in [3.05, 3.63) is 99.5 Å². The molecule has 4 aliphatic rings. The van der Waals surface area contributed by atoms with Crippen molar-refractivity contribution in [2.75, 3.05) is 38.3 Å². The maximum absolute atomic E-state index is 9.16. The number of nitriles is 2. The number of anilines is 1. The molecule has 43 heavy (non-hydrogen) atoms. The molecule has 0 spiro atoms. The van der Waals surface area contributed by atoms with Gasteiger partial charge >= 0.3 is 0 Å². The van der Waals surface area contributed by atoms with Crippen LogP contribution in [0.3, 0.4) is 0 Å². The highest BCUT2D eigenvalue weighted by Crippen LogP contribution is 2.40. The molecule has 6 nitrogen and oxygen atoms in total. The molecule has 0 aromatic heterocycles. The third kappa shape index (κ3) is 8.17. The Labute approximate surface area is 257 Å². The SMILES string of the molecule is C/C(C#N)=C1/C=C2C=C(N(C)c3ccccc3)CCC2CC1.CC(C#N)=C1C=C2C=C(N(CCO)CCO)CCC2CC1. The molecule has 0 bridgehead atoms. The first-order valence-electron chi connectivity index (χ1n) is 15.7. The third-order valence-electron chi connectivity index (χ3n) is 9.33. The number of nitrogens with zero attached hydrogens (tertiary/aromatic N) is 4. The van der Waals surface area contributed by atoms with Crippen molar-refractivity contribution in [1.29, 1.82) is 10.5 Å². The average molecular weight is 579 g/mol. The van der Waals surface area contributed by atoms with E-state index >= 15 is 0 Å². The monoisotopic (exact) mass is 578 g/mol. The Morgan fingerprint density at radius 2 is 1.19 bits per heavy atom. The van der Waals surface area contributed by atoms with Crippen LogP contribution in [0.1, 0.15) is 65.2 Å². The largest absolute Gasteiger partial charge is 0.395 e.